The maximum atomic E-state index is 12.9. The van der Waals surface area contributed by atoms with Crippen LogP contribution in [0.2, 0.25) is 0 Å². The monoisotopic (exact) mass is 264 g/mol. The van der Waals surface area contributed by atoms with Gasteiger partial charge in [0.1, 0.15) is 5.82 Å². The van der Waals surface area contributed by atoms with Crippen LogP contribution in [0.5, 0.6) is 0 Å². The molecule has 1 rings (SSSR count). The Morgan fingerprint density at radius 3 is 2.46 bits per heavy atom. The average Bonchev–Trinajstić information content (AvgIpc) is 1.78. The van der Waals surface area contributed by atoms with Crippen molar-refractivity contribution in [2.45, 2.75) is 6.16 Å². The highest BCUT2D eigenvalue weighted by atomic mass is 79.9. The third-order valence-electron chi connectivity index (χ3n) is 1.49. The minimum atomic E-state index is -2.11. The fraction of sp³-hybridized carbons (Fsp3) is 0.333. The lowest BCUT2D eigenvalue weighted by atomic mass is 10.2. The molecule has 0 bridgehead atoms. The summed E-state index contributed by atoms with van der Waals surface area (Å²) in [5, 5.41) is 0. The van der Waals surface area contributed by atoms with Crippen molar-refractivity contribution < 1.29 is 8.96 Å². The number of hydrogen-bond donors (Lipinski definition) is 0. The molecule has 1 nitrogen and oxygen atoms in total. The van der Waals surface area contributed by atoms with E-state index < -0.39 is 7.14 Å². The van der Waals surface area contributed by atoms with Gasteiger partial charge in [-0.25, -0.2) is 4.39 Å². The summed E-state index contributed by atoms with van der Waals surface area (Å²) in [7, 11) is -2.11. The van der Waals surface area contributed by atoms with Gasteiger partial charge in [0, 0.05) is 10.6 Å². The van der Waals surface area contributed by atoms with E-state index in [1.807, 2.05) is 0 Å². The van der Waals surface area contributed by atoms with Crippen molar-refractivity contribution in [2.24, 2.45) is 0 Å². The van der Waals surface area contributed by atoms with Gasteiger partial charge in [-0.05, 0) is 37.1 Å². The summed E-state index contributed by atoms with van der Waals surface area (Å²) in [5.41, 5.74) is 0.778. The van der Waals surface area contributed by atoms with E-state index in [2.05, 4.69) is 15.9 Å². The summed E-state index contributed by atoms with van der Waals surface area (Å²) >= 11 is 3.19. The van der Waals surface area contributed by atoms with Gasteiger partial charge in [0.15, 0.2) is 0 Å². The molecule has 0 N–H and O–H groups in total. The fourth-order valence-corrected chi connectivity index (χ4v) is 2.72. The van der Waals surface area contributed by atoms with Gasteiger partial charge in [-0.3, -0.25) is 0 Å². The second-order valence-corrected chi connectivity index (χ2v) is 7.89. The molecule has 1 aromatic rings. The van der Waals surface area contributed by atoms with Crippen LogP contribution in [0.3, 0.4) is 0 Å². The first kappa shape index (κ1) is 10.9. The second-order valence-electron chi connectivity index (χ2n) is 3.51. The third kappa shape index (κ3) is 4.06. The van der Waals surface area contributed by atoms with Crippen molar-refractivity contribution >= 4 is 23.1 Å². The van der Waals surface area contributed by atoms with Crippen molar-refractivity contribution in [2.75, 3.05) is 13.3 Å². The van der Waals surface area contributed by atoms with Crippen molar-refractivity contribution in [3.8, 4) is 0 Å². The fourth-order valence-electron chi connectivity index (χ4n) is 1.14. The minimum Gasteiger partial charge on any atom is -0.324 e. The quantitative estimate of drug-likeness (QED) is 0.745. The molecule has 0 amide bonds. The molecule has 0 unspecified atom stereocenters. The Morgan fingerprint density at radius 1 is 1.38 bits per heavy atom. The lowest BCUT2D eigenvalue weighted by Crippen LogP contribution is -1.87. The maximum Gasteiger partial charge on any atom is 0.124 e. The highest BCUT2D eigenvalue weighted by Crippen LogP contribution is 2.40. The summed E-state index contributed by atoms with van der Waals surface area (Å²) in [6, 6.07) is 4.60. The molecule has 0 atom stereocenters. The largest absolute Gasteiger partial charge is 0.324 e. The molecule has 0 aliphatic rings. The topological polar surface area (TPSA) is 17.1 Å². The van der Waals surface area contributed by atoms with Crippen LogP contribution >= 0.6 is 23.1 Å². The van der Waals surface area contributed by atoms with Gasteiger partial charge in [0.25, 0.3) is 0 Å². The van der Waals surface area contributed by atoms with E-state index in [4.69, 9.17) is 0 Å². The molecule has 0 heterocycles. The van der Waals surface area contributed by atoms with Crippen LogP contribution in [-0.2, 0) is 10.7 Å². The van der Waals surface area contributed by atoms with E-state index in [0.29, 0.717) is 10.6 Å². The third-order valence-corrected chi connectivity index (χ3v) is 3.07. The highest BCUT2D eigenvalue weighted by Gasteiger charge is 2.09. The molecule has 0 aliphatic heterocycles. The van der Waals surface area contributed by atoms with Crippen LogP contribution in [0.15, 0.2) is 22.7 Å². The summed E-state index contributed by atoms with van der Waals surface area (Å²) < 4.78 is 25.0. The Morgan fingerprint density at radius 2 is 2.00 bits per heavy atom. The first-order valence-corrected chi connectivity index (χ1v) is 7.44. The van der Waals surface area contributed by atoms with Gasteiger partial charge in [-0.2, -0.15) is 0 Å². The van der Waals surface area contributed by atoms with Crippen LogP contribution < -0.4 is 0 Å². The zero-order chi connectivity index (χ0) is 10.1. The lowest BCUT2D eigenvalue weighted by Gasteiger charge is -2.06. The molecule has 13 heavy (non-hydrogen) atoms. The molecule has 0 fully saturated rings. The summed E-state index contributed by atoms with van der Waals surface area (Å²) in [6.45, 7) is 3.40. The zero-order valence-corrected chi connectivity index (χ0v) is 10.0. The molecule has 0 aromatic heterocycles. The van der Waals surface area contributed by atoms with E-state index in [1.54, 1.807) is 19.4 Å². The van der Waals surface area contributed by atoms with Crippen LogP contribution in [0.25, 0.3) is 0 Å². The van der Waals surface area contributed by atoms with Crippen LogP contribution in [0, 0.1) is 5.82 Å². The maximum absolute atomic E-state index is 12.9. The van der Waals surface area contributed by atoms with E-state index in [1.165, 1.54) is 12.1 Å². The van der Waals surface area contributed by atoms with Crippen molar-refractivity contribution in [1.29, 1.82) is 0 Å². The van der Waals surface area contributed by atoms with E-state index >= 15 is 0 Å². The number of halogens is 2. The molecule has 0 radical (unpaired) electrons. The molecule has 4 heteroatoms. The van der Waals surface area contributed by atoms with Gasteiger partial charge >= 0.3 is 0 Å². The Bertz CT molecular complexity index is 338. The van der Waals surface area contributed by atoms with E-state index in [-0.39, 0.29) is 5.82 Å². The smallest absolute Gasteiger partial charge is 0.124 e. The lowest BCUT2D eigenvalue weighted by molar-refractivity contribution is 0.581. The first-order valence-electron chi connectivity index (χ1n) is 3.86. The van der Waals surface area contributed by atoms with Crippen molar-refractivity contribution in [1.82, 2.24) is 0 Å². The molecular formula is C9H11BrFOP. The second kappa shape index (κ2) is 3.93. The number of benzene rings is 1. The van der Waals surface area contributed by atoms with Crippen molar-refractivity contribution in [3.63, 3.8) is 0 Å². The number of rotatable bonds is 2. The van der Waals surface area contributed by atoms with Gasteiger partial charge in [-0.1, -0.05) is 15.9 Å². The van der Waals surface area contributed by atoms with E-state index in [9.17, 15) is 8.96 Å². The molecule has 0 spiro atoms. The van der Waals surface area contributed by atoms with Gasteiger partial charge in [0.2, 0.25) is 0 Å². The minimum absolute atomic E-state index is 0.294. The van der Waals surface area contributed by atoms with Crippen LogP contribution in [0.4, 0.5) is 4.39 Å². The summed E-state index contributed by atoms with van der Waals surface area (Å²) in [6.07, 6.45) is 0.448. The first-order chi connectivity index (χ1) is 5.87. The Labute approximate surface area is 85.8 Å². The molecule has 0 saturated carbocycles. The van der Waals surface area contributed by atoms with Gasteiger partial charge < -0.3 is 4.57 Å². The molecule has 72 valence electrons. The SMILES string of the molecule is CP(C)(=O)Cc1cc(F)cc(Br)c1. The molecule has 0 saturated heterocycles. The molecular weight excluding hydrogens is 254 g/mol. The Hall–Kier alpha value is -0.140. The van der Waals surface area contributed by atoms with Crippen LogP contribution in [-0.4, -0.2) is 13.3 Å². The van der Waals surface area contributed by atoms with Gasteiger partial charge in [0.05, 0.1) is 7.14 Å². The van der Waals surface area contributed by atoms with Gasteiger partial charge in [-0.15, -0.1) is 0 Å². The average molecular weight is 265 g/mol. The van der Waals surface area contributed by atoms with Crippen LogP contribution in [0.1, 0.15) is 5.56 Å². The highest BCUT2D eigenvalue weighted by molar-refractivity contribution is 9.10. The van der Waals surface area contributed by atoms with Crippen molar-refractivity contribution in [3.05, 3.63) is 34.1 Å². The Kier molecular flexibility index (Phi) is 3.31. The predicted octanol–water partition coefficient (Wildman–Crippen LogP) is 3.71. The summed E-state index contributed by atoms with van der Waals surface area (Å²) in [5.74, 6) is -0.294. The predicted molar refractivity (Wildman–Crippen MR) is 57.3 cm³/mol. The standard InChI is InChI=1S/C9H11BrFOP/c1-13(2,12)6-7-3-8(10)5-9(11)4-7/h3-5H,6H2,1-2H3. The Balaban J connectivity index is 2.96. The zero-order valence-electron chi connectivity index (χ0n) is 7.55. The molecule has 0 aliphatic carbocycles. The molecule has 1 aromatic carbocycles. The number of hydrogen-bond acceptors (Lipinski definition) is 1. The normalized spacial score (nSPS) is 11.7. The summed E-state index contributed by atoms with van der Waals surface area (Å²) in [4.78, 5) is 0. The van der Waals surface area contributed by atoms with E-state index in [0.717, 1.165) is 5.56 Å².